The summed E-state index contributed by atoms with van der Waals surface area (Å²) in [6.45, 7) is 3.37. The van der Waals surface area contributed by atoms with Crippen LogP contribution in [0.4, 0.5) is 5.69 Å². The zero-order valence-corrected chi connectivity index (χ0v) is 16.1. The highest BCUT2D eigenvalue weighted by molar-refractivity contribution is 7.17. The van der Waals surface area contributed by atoms with Crippen LogP contribution in [-0.2, 0) is 17.8 Å². The molecule has 7 nitrogen and oxygen atoms in total. The Balaban J connectivity index is 2.00. The van der Waals surface area contributed by atoms with Gasteiger partial charge in [-0.05, 0) is 24.6 Å². The van der Waals surface area contributed by atoms with Crippen LogP contribution in [0.25, 0.3) is 10.2 Å². The molecular formula is C18H16ClN3O4S. The van der Waals surface area contributed by atoms with Crippen LogP contribution in [0.3, 0.4) is 0 Å². The highest BCUT2D eigenvalue weighted by Gasteiger charge is 2.20. The lowest BCUT2D eigenvalue weighted by Crippen LogP contribution is -2.31. The standard InChI is InChI=1S/C18H16ClN3O4S/c1-3-13-21-16-15(11(8-27-16)18(25)26)17(24)22(13)7-14(23)20-12-6-10(19)5-4-9(12)2/h4-6,8H,3,7H2,1-2H3,(H,20,23)(H,25,26). The van der Waals surface area contributed by atoms with Crippen LogP contribution in [0.15, 0.2) is 28.4 Å². The molecule has 9 heteroatoms. The van der Waals surface area contributed by atoms with Crippen molar-refractivity contribution in [1.29, 1.82) is 0 Å². The third-order valence-corrected chi connectivity index (χ3v) is 5.20. The summed E-state index contributed by atoms with van der Waals surface area (Å²) < 4.78 is 1.22. The van der Waals surface area contributed by atoms with Gasteiger partial charge in [0.15, 0.2) is 0 Å². The van der Waals surface area contributed by atoms with E-state index in [0.29, 0.717) is 27.8 Å². The lowest BCUT2D eigenvalue weighted by molar-refractivity contribution is -0.116. The number of aromatic carboxylic acids is 1. The number of carboxylic acid groups (broad SMARTS) is 1. The molecule has 0 saturated heterocycles. The number of carbonyl (C=O) groups excluding carboxylic acids is 1. The zero-order chi connectivity index (χ0) is 19.7. The lowest BCUT2D eigenvalue weighted by atomic mass is 10.2. The molecule has 140 valence electrons. The Bertz CT molecular complexity index is 1120. The molecule has 0 saturated carbocycles. The molecule has 0 bridgehead atoms. The Morgan fingerprint density at radius 1 is 1.37 bits per heavy atom. The number of thiophene rings is 1. The van der Waals surface area contributed by atoms with Crippen LogP contribution in [0, 0.1) is 6.92 Å². The Kier molecular flexibility index (Phi) is 5.29. The number of carboxylic acids is 1. The lowest BCUT2D eigenvalue weighted by Gasteiger charge is -2.13. The van der Waals surface area contributed by atoms with Crippen molar-refractivity contribution in [2.45, 2.75) is 26.8 Å². The molecular weight excluding hydrogens is 390 g/mol. The Hall–Kier alpha value is -2.71. The van der Waals surface area contributed by atoms with Crippen molar-refractivity contribution in [3.05, 3.63) is 55.9 Å². The minimum atomic E-state index is -1.20. The SMILES string of the molecule is CCc1nc2scc(C(=O)O)c2c(=O)n1CC(=O)Nc1cc(Cl)ccc1C. The number of amides is 1. The zero-order valence-electron chi connectivity index (χ0n) is 14.6. The molecule has 27 heavy (non-hydrogen) atoms. The molecule has 0 aliphatic heterocycles. The fourth-order valence-electron chi connectivity index (χ4n) is 2.72. The average Bonchev–Trinajstić information content (AvgIpc) is 3.04. The molecule has 0 aliphatic rings. The molecule has 3 rings (SSSR count). The summed E-state index contributed by atoms with van der Waals surface area (Å²) in [4.78, 5) is 41.5. The van der Waals surface area contributed by atoms with Gasteiger partial charge in [0.05, 0.1) is 10.9 Å². The second-order valence-corrected chi connectivity index (χ2v) is 7.21. The highest BCUT2D eigenvalue weighted by atomic mass is 35.5. The number of rotatable bonds is 5. The number of hydrogen-bond donors (Lipinski definition) is 2. The van der Waals surface area contributed by atoms with Crippen LogP contribution in [0.2, 0.25) is 5.02 Å². The van der Waals surface area contributed by atoms with E-state index in [9.17, 15) is 19.5 Å². The molecule has 3 aromatic rings. The molecule has 1 aromatic carbocycles. The van der Waals surface area contributed by atoms with Gasteiger partial charge in [0.1, 0.15) is 17.2 Å². The van der Waals surface area contributed by atoms with Gasteiger partial charge in [-0.15, -0.1) is 11.3 Å². The topological polar surface area (TPSA) is 101 Å². The van der Waals surface area contributed by atoms with Crippen LogP contribution >= 0.6 is 22.9 Å². The van der Waals surface area contributed by atoms with E-state index >= 15 is 0 Å². The number of halogens is 1. The number of nitrogens with one attached hydrogen (secondary N) is 1. The van der Waals surface area contributed by atoms with Crippen LogP contribution in [0.5, 0.6) is 0 Å². The summed E-state index contributed by atoms with van der Waals surface area (Å²) >= 11 is 7.06. The second kappa shape index (κ2) is 7.50. The smallest absolute Gasteiger partial charge is 0.337 e. The molecule has 2 N–H and O–H groups in total. The number of anilines is 1. The van der Waals surface area contributed by atoms with Gasteiger partial charge in [-0.25, -0.2) is 9.78 Å². The fourth-order valence-corrected chi connectivity index (χ4v) is 3.81. The van der Waals surface area contributed by atoms with Gasteiger partial charge in [-0.3, -0.25) is 14.2 Å². The minimum absolute atomic E-state index is 0.0245. The van der Waals surface area contributed by atoms with Crippen LogP contribution in [-0.4, -0.2) is 26.5 Å². The molecule has 2 aromatic heterocycles. The van der Waals surface area contributed by atoms with Crippen molar-refractivity contribution in [1.82, 2.24) is 9.55 Å². The molecule has 0 fully saturated rings. The van der Waals surface area contributed by atoms with E-state index < -0.39 is 17.4 Å². The van der Waals surface area contributed by atoms with Crippen LogP contribution in [0.1, 0.15) is 28.7 Å². The van der Waals surface area contributed by atoms with Crippen molar-refractivity contribution in [2.24, 2.45) is 0 Å². The van der Waals surface area contributed by atoms with Gasteiger partial charge in [-0.1, -0.05) is 24.6 Å². The van der Waals surface area contributed by atoms with E-state index in [1.807, 2.05) is 13.8 Å². The van der Waals surface area contributed by atoms with Crippen molar-refractivity contribution in [2.75, 3.05) is 5.32 Å². The van der Waals surface area contributed by atoms with E-state index in [2.05, 4.69) is 10.3 Å². The Labute approximate surface area is 163 Å². The number of aromatic nitrogens is 2. The predicted molar refractivity (Wildman–Crippen MR) is 105 cm³/mol. The third-order valence-electron chi connectivity index (χ3n) is 4.09. The van der Waals surface area contributed by atoms with Crippen molar-refractivity contribution >= 4 is 50.7 Å². The van der Waals surface area contributed by atoms with E-state index in [0.717, 1.165) is 16.9 Å². The summed E-state index contributed by atoms with van der Waals surface area (Å²) in [5.74, 6) is -1.20. The van der Waals surface area contributed by atoms with E-state index in [4.69, 9.17) is 11.6 Å². The maximum Gasteiger partial charge on any atom is 0.337 e. The number of fused-ring (bicyclic) bond motifs is 1. The normalized spacial score (nSPS) is 10.9. The highest BCUT2D eigenvalue weighted by Crippen LogP contribution is 2.22. The van der Waals surface area contributed by atoms with Gasteiger partial charge >= 0.3 is 5.97 Å². The van der Waals surface area contributed by atoms with E-state index in [1.54, 1.807) is 18.2 Å². The monoisotopic (exact) mass is 405 g/mol. The number of carbonyl (C=O) groups is 2. The minimum Gasteiger partial charge on any atom is -0.478 e. The maximum atomic E-state index is 12.9. The van der Waals surface area contributed by atoms with Gasteiger partial charge in [0.25, 0.3) is 5.56 Å². The first kappa shape index (κ1) is 19.1. The molecule has 0 aliphatic carbocycles. The number of aryl methyl sites for hydroxylation is 2. The summed E-state index contributed by atoms with van der Waals surface area (Å²) in [5.41, 5.74) is 0.744. The molecule has 0 spiro atoms. The predicted octanol–water partition coefficient (Wildman–Crippen LogP) is 3.32. The molecule has 0 unspecified atom stereocenters. The van der Waals surface area contributed by atoms with Gasteiger partial charge < -0.3 is 10.4 Å². The quantitative estimate of drug-likeness (QED) is 0.678. The first-order valence-electron chi connectivity index (χ1n) is 8.12. The first-order chi connectivity index (χ1) is 12.8. The summed E-state index contributed by atoms with van der Waals surface area (Å²) in [5, 5.41) is 13.9. The number of nitrogens with zero attached hydrogens (tertiary/aromatic N) is 2. The Morgan fingerprint density at radius 2 is 2.11 bits per heavy atom. The van der Waals surface area contributed by atoms with Gasteiger partial charge in [0, 0.05) is 22.5 Å². The second-order valence-electron chi connectivity index (χ2n) is 5.91. The summed E-state index contributed by atoms with van der Waals surface area (Å²) in [6.07, 6.45) is 0.426. The summed E-state index contributed by atoms with van der Waals surface area (Å²) in [6, 6.07) is 5.12. The molecule has 0 radical (unpaired) electrons. The largest absolute Gasteiger partial charge is 0.478 e. The third kappa shape index (κ3) is 3.72. The van der Waals surface area contributed by atoms with Crippen molar-refractivity contribution < 1.29 is 14.7 Å². The number of benzene rings is 1. The van der Waals surface area contributed by atoms with Crippen LogP contribution < -0.4 is 10.9 Å². The maximum absolute atomic E-state index is 12.9. The first-order valence-corrected chi connectivity index (χ1v) is 9.37. The van der Waals surface area contributed by atoms with E-state index in [1.165, 1.54) is 9.95 Å². The summed E-state index contributed by atoms with van der Waals surface area (Å²) in [7, 11) is 0. The van der Waals surface area contributed by atoms with Gasteiger partial charge in [0.2, 0.25) is 5.91 Å². The van der Waals surface area contributed by atoms with Gasteiger partial charge in [-0.2, -0.15) is 0 Å². The average molecular weight is 406 g/mol. The number of hydrogen-bond acceptors (Lipinski definition) is 5. The van der Waals surface area contributed by atoms with Crippen molar-refractivity contribution in [3.63, 3.8) is 0 Å². The van der Waals surface area contributed by atoms with Crippen molar-refractivity contribution in [3.8, 4) is 0 Å². The Morgan fingerprint density at radius 3 is 2.78 bits per heavy atom. The van der Waals surface area contributed by atoms with E-state index in [-0.39, 0.29) is 17.5 Å². The molecule has 2 heterocycles. The molecule has 0 atom stereocenters. The fraction of sp³-hybridized carbons (Fsp3) is 0.222. The molecule has 1 amide bonds.